The molecule has 1 fully saturated rings. The molecule has 0 atom stereocenters. The molecule has 1 nitrogen and oxygen atoms in total. The summed E-state index contributed by atoms with van der Waals surface area (Å²) in [7, 11) is 0. The second-order valence-corrected chi connectivity index (χ2v) is 21.3. The molecule has 0 heterocycles. The van der Waals surface area contributed by atoms with Crippen molar-refractivity contribution in [2.75, 3.05) is 4.90 Å². The van der Waals surface area contributed by atoms with Gasteiger partial charge in [0.15, 0.2) is 0 Å². The number of anilines is 3. The van der Waals surface area contributed by atoms with Crippen LogP contribution < -0.4 is 4.90 Å². The largest absolute Gasteiger partial charge is 0.310 e. The zero-order valence-corrected chi connectivity index (χ0v) is 41.2. The highest BCUT2D eigenvalue weighted by Crippen LogP contribution is 2.66. The van der Waals surface area contributed by atoms with Crippen molar-refractivity contribution in [1.29, 1.82) is 0 Å². The molecule has 0 saturated heterocycles. The number of benzene rings is 12. The van der Waals surface area contributed by atoms with Gasteiger partial charge in [0.05, 0.1) is 16.8 Å². The summed E-state index contributed by atoms with van der Waals surface area (Å²) in [5, 5.41) is 7.66. The molecule has 0 unspecified atom stereocenters. The zero-order chi connectivity index (χ0) is 48.5. The lowest BCUT2D eigenvalue weighted by Crippen LogP contribution is -2.30. The second-order valence-electron chi connectivity index (χ2n) is 21.3. The van der Waals surface area contributed by atoms with E-state index in [-0.39, 0.29) is 5.41 Å². The molecule has 1 heteroatoms. The van der Waals surface area contributed by atoms with Gasteiger partial charge in [-0.05, 0) is 159 Å². The van der Waals surface area contributed by atoms with Crippen LogP contribution in [0.5, 0.6) is 0 Å². The summed E-state index contributed by atoms with van der Waals surface area (Å²) in [4.78, 5) is 2.73. The van der Waals surface area contributed by atoms with Crippen LogP contribution in [0.1, 0.15) is 65.5 Å². The molecule has 0 aliphatic heterocycles. The van der Waals surface area contributed by atoms with Crippen molar-refractivity contribution in [2.45, 2.75) is 42.9 Å². The van der Waals surface area contributed by atoms with E-state index in [4.69, 9.17) is 0 Å². The maximum atomic E-state index is 2.73. The van der Waals surface area contributed by atoms with Crippen LogP contribution in [-0.4, -0.2) is 0 Å². The lowest BCUT2D eigenvalue weighted by molar-refractivity contribution is 0.353. The highest BCUT2D eigenvalue weighted by molar-refractivity contribution is 6.26. The lowest BCUT2D eigenvalue weighted by Gasteiger charge is -2.40. The summed E-state index contributed by atoms with van der Waals surface area (Å²) in [6, 6.07) is 95.2. The van der Waals surface area contributed by atoms with E-state index in [2.05, 4.69) is 254 Å². The second kappa shape index (κ2) is 15.9. The molecule has 348 valence electrons. The molecular weight excluding hydrogens is 891 g/mol. The molecule has 0 radical (unpaired) electrons. The van der Waals surface area contributed by atoms with Gasteiger partial charge in [0.2, 0.25) is 0 Å². The van der Waals surface area contributed by atoms with Gasteiger partial charge in [-0.1, -0.05) is 238 Å². The Labute approximate surface area is 432 Å². The van der Waals surface area contributed by atoms with Crippen molar-refractivity contribution in [3.05, 3.63) is 282 Å². The van der Waals surface area contributed by atoms with Crippen LogP contribution in [0.4, 0.5) is 17.1 Å². The Morgan fingerprint density at radius 1 is 0.270 bits per heavy atom. The zero-order valence-electron chi connectivity index (χ0n) is 41.2. The van der Waals surface area contributed by atoms with Gasteiger partial charge in [0.1, 0.15) is 0 Å². The van der Waals surface area contributed by atoms with Crippen molar-refractivity contribution >= 4 is 49.4 Å². The fourth-order valence-corrected chi connectivity index (χ4v) is 15.0. The van der Waals surface area contributed by atoms with Crippen LogP contribution in [0.3, 0.4) is 0 Å². The average Bonchev–Trinajstić information content (AvgIpc) is 4.05. The van der Waals surface area contributed by atoms with Crippen molar-refractivity contribution in [1.82, 2.24) is 0 Å². The molecule has 0 amide bonds. The first kappa shape index (κ1) is 41.8. The van der Waals surface area contributed by atoms with Crippen molar-refractivity contribution in [2.24, 2.45) is 0 Å². The SMILES string of the molecule is c1ccc(-c2ccccc2-c2cc3c(cc2N(c2ccc4c5ccccc5c5ccccc5c4c2)c2cccc4c2C2(CCCCC2)c2ccccc2-4)C2(c4ccccc4-c4ccccc42)c2ccccc2-3)cc1. The number of fused-ring (bicyclic) bond motifs is 21. The van der Waals surface area contributed by atoms with Gasteiger partial charge in [-0.25, -0.2) is 0 Å². The van der Waals surface area contributed by atoms with Gasteiger partial charge >= 0.3 is 0 Å². The molecule has 2 spiro atoms. The number of rotatable bonds is 5. The first-order chi connectivity index (χ1) is 36.7. The predicted molar refractivity (Wildman–Crippen MR) is 310 cm³/mol. The van der Waals surface area contributed by atoms with Crippen LogP contribution in [0.15, 0.2) is 249 Å². The third kappa shape index (κ3) is 5.59. The molecule has 4 aliphatic carbocycles. The molecule has 12 aromatic rings. The molecule has 0 N–H and O–H groups in total. The van der Waals surface area contributed by atoms with Gasteiger partial charge in [-0.2, -0.15) is 0 Å². The monoisotopic (exact) mass is 941 g/mol. The van der Waals surface area contributed by atoms with Crippen LogP contribution >= 0.6 is 0 Å². The first-order valence-corrected chi connectivity index (χ1v) is 26.7. The molecular formula is C73H51N. The smallest absolute Gasteiger partial charge is 0.0726 e. The predicted octanol–water partition coefficient (Wildman–Crippen LogP) is 19.5. The van der Waals surface area contributed by atoms with E-state index in [0.29, 0.717) is 0 Å². The Balaban J connectivity index is 1.08. The molecule has 74 heavy (non-hydrogen) atoms. The van der Waals surface area contributed by atoms with Crippen LogP contribution in [-0.2, 0) is 10.8 Å². The summed E-state index contributed by atoms with van der Waals surface area (Å²) in [5.74, 6) is 0. The Kier molecular flexibility index (Phi) is 8.96. The Morgan fingerprint density at radius 3 is 1.36 bits per heavy atom. The van der Waals surface area contributed by atoms with Gasteiger partial charge in [-0.3, -0.25) is 0 Å². The standard InChI is InChI=1S/C73H51N/c1-3-22-47(23-4-1)49-24-5-6-25-50(49)63-45-62-59-33-14-18-38-67(59)73(65-36-16-12-30-56(65)57-31-13-17-37-66(57)73)68(62)46-70(63)74(48-40-41-55-53-28-8-7-26-51(53)52-27-9-10-29-54(52)61(55)44-48)69-39-21-34-60-58-32-11-15-35-64(58)72(71(60)69)42-19-2-20-43-72/h1,3-18,21-41,44-46H,2,19-20,42-43H2. The van der Waals surface area contributed by atoms with E-state index in [9.17, 15) is 0 Å². The van der Waals surface area contributed by atoms with E-state index in [0.717, 1.165) is 18.5 Å². The van der Waals surface area contributed by atoms with Crippen molar-refractivity contribution in [3.8, 4) is 55.6 Å². The summed E-state index contributed by atoms with van der Waals surface area (Å²) in [6.45, 7) is 0. The topological polar surface area (TPSA) is 3.24 Å². The minimum absolute atomic E-state index is 0.113. The van der Waals surface area contributed by atoms with Gasteiger partial charge < -0.3 is 4.90 Å². The van der Waals surface area contributed by atoms with E-state index >= 15 is 0 Å². The number of nitrogens with zero attached hydrogens (tertiary/aromatic N) is 1. The summed E-state index contributed by atoms with van der Waals surface area (Å²) in [5.41, 5.74) is 24.1. The van der Waals surface area contributed by atoms with Crippen molar-refractivity contribution in [3.63, 3.8) is 0 Å². The van der Waals surface area contributed by atoms with Gasteiger partial charge in [0.25, 0.3) is 0 Å². The van der Waals surface area contributed by atoms with Gasteiger partial charge in [0, 0.05) is 16.7 Å². The van der Waals surface area contributed by atoms with Crippen LogP contribution in [0.25, 0.3) is 88.0 Å². The highest BCUT2D eigenvalue weighted by Gasteiger charge is 2.52. The fourth-order valence-electron chi connectivity index (χ4n) is 15.0. The number of hydrogen-bond acceptors (Lipinski definition) is 1. The minimum atomic E-state index is -0.533. The Hall–Kier alpha value is -8.78. The summed E-state index contributed by atoms with van der Waals surface area (Å²) >= 11 is 0. The van der Waals surface area contributed by atoms with E-state index in [1.165, 1.54) is 152 Å². The fraction of sp³-hybridized carbons (Fsp3) is 0.0959. The van der Waals surface area contributed by atoms with Crippen LogP contribution in [0.2, 0.25) is 0 Å². The summed E-state index contributed by atoms with van der Waals surface area (Å²) < 4.78 is 0. The molecule has 12 aromatic carbocycles. The van der Waals surface area contributed by atoms with Crippen molar-refractivity contribution < 1.29 is 0 Å². The van der Waals surface area contributed by atoms with E-state index < -0.39 is 5.41 Å². The maximum absolute atomic E-state index is 2.73. The van der Waals surface area contributed by atoms with Crippen LogP contribution in [0, 0.1) is 0 Å². The first-order valence-electron chi connectivity index (χ1n) is 26.7. The average molecular weight is 942 g/mol. The molecule has 0 aromatic heterocycles. The Morgan fingerprint density at radius 2 is 0.743 bits per heavy atom. The normalized spacial score (nSPS) is 15.0. The Bertz CT molecular complexity index is 4220. The van der Waals surface area contributed by atoms with E-state index in [1.54, 1.807) is 0 Å². The molecule has 0 bridgehead atoms. The molecule has 4 aliphatic rings. The summed E-state index contributed by atoms with van der Waals surface area (Å²) in [6.07, 6.45) is 5.97. The third-order valence-electron chi connectivity index (χ3n) is 17.8. The molecule has 16 rings (SSSR count). The van der Waals surface area contributed by atoms with Gasteiger partial charge in [-0.15, -0.1) is 0 Å². The minimum Gasteiger partial charge on any atom is -0.310 e. The lowest BCUT2D eigenvalue weighted by atomic mass is 9.67. The highest BCUT2D eigenvalue weighted by atomic mass is 15.2. The number of hydrogen-bond donors (Lipinski definition) is 0. The molecule has 1 saturated carbocycles. The maximum Gasteiger partial charge on any atom is 0.0726 e. The third-order valence-corrected chi connectivity index (χ3v) is 17.8. The van der Waals surface area contributed by atoms with E-state index in [1.807, 2.05) is 0 Å². The quantitative estimate of drug-likeness (QED) is 0.155.